The molecule has 2 atom stereocenters. The van der Waals surface area contributed by atoms with Gasteiger partial charge in [-0.3, -0.25) is 4.79 Å². The van der Waals surface area contributed by atoms with E-state index in [1.165, 1.54) is 12.8 Å². The summed E-state index contributed by atoms with van der Waals surface area (Å²) in [6.45, 7) is 5.88. The highest BCUT2D eigenvalue weighted by molar-refractivity contribution is 5.93. The second kappa shape index (κ2) is 4.43. The van der Waals surface area contributed by atoms with Crippen LogP contribution in [-0.4, -0.2) is 40.5 Å². The fraction of sp³-hybridized carbons (Fsp3) is 0.643. The van der Waals surface area contributed by atoms with Crippen LogP contribution >= 0.6 is 0 Å². The van der Waals surface area contributed by atoms with Crippen LogP contribution in [0.1, 0.15) is 43.2 Å². The number of amides is 1. The summed E-state index contributed by atoms with van der Waals surface area (Å²) in [5, 5.41) is 3.46. The van der Waals surface area contributed by atoms with Gasteiger partial charge in [-0.15, -0.1) is 0 Å². The third-order valence-electron chi connectivity index (χ3n) is 3.78. The number of aromatic nitrogens is 1. The molecule has 1 N–H and O–H groups in total. The van der Waals surface area contributed by atoms with E-state index in [2.05, 4.69) is 23.7 Å². The Labute approximate surface area is 108 Å². The van der Waals surface area contributed by atoms with Crippen LogP contribution in [0.5, 0.6) is 0 Å². The number of carbonyl (C=O) groups excluding carboxylic acids is 1. The van der Waals surface area contributed by atoms with Crippen molar-refractivity contribution in [3.63, 3.8) is 0 Å². The van der Waals surface area contributed by atoms with E-state index in [-0.39, 0.29) is 5.91 Å². The average Bonchev–Trinajstić information content (AvgIpc) is 3.05. The lowest BCUT2D eigenvalue weighted by Gasteiger charge is -2.36. The minimum absolute atomic E-state index is 0.187. The fourth-order valence-corrected chi connectivity index (χ4v) is 2.90. The molecule has 98 valence electrons. The van der Waals surface area contributed by atoms with Gasteiger partial charge in [-0.25, -0.2) is 0 Å². The minimum atomic E-state index is 0.187. The molecule has 3 rings (SSSR count). The number of nitrogens with zero attached hydrogens (tertiary/aromatic N) is 2. The van der Waals surface area contributed by atoms with E-state index in [0.717, 1.165) is 18.8 Å². The Balaban J connectivity index is 1.78. The third-order valence-corrected chi connectivity index (χ3v) is 3.78. The summed E-state index contributed by atoms with van der Waals surface area (Å²) in [6, 6.07) is 5.26. The number of piperazine rings is 1. The molecule has 2 aliphatic rings. The first-order chi connectivity index (χ1) is 8.65. The molecule has 2 unspecified atom stereocenters. The molecule has 0 spiro atoms. The zero-order valence-corrected chi connectivity index (χ0v) is 11.1. The summed E-state index contributed by atoms with van der Waals surface area (Å²) in [4.78, 5) is 14.6. The first kappa shape index (κ1) is 11.8. The topological polar surface area (TPSA) is 37.3 Å². The van der Waals surface area contributed by atoms with Crippen molar-refractivity contribution in [2.24, 2.45) is 0 Å². The zero-order valence-electron chi connectivity index (χ0n) is 11.1. The summed E-state index contributed by atoms with van der Waals surface area (Å²) < 4.78 is 2.15. The monoisotopic (exact) mass is 247 g/mol. The summed E-state index contributed by atoms with van der Waals surface area (Å²) in [7, 11) is 0. The third kappa shape index (κ3) is 2.17. The molecular formula is C14H21N3O. The second-order valence-electron chi connectivity index (χ2n) is 5.71. The second-order valence-corrected chi connectivity index (χ2v) is 5.71. The smallest absolute Gasteiger partial charge is 0.270 e. The lowest BCUT2D eigenvalue weighted by atomic mass is 10.1. The Morgan fingerprint density at radius 1 is 1.28 bits per heavy atom. The molecule has 18 heavy (non-hydrogen) atoms. The molecule has 1 aromatic rings. The standard InChI is InChI=1S/C14H21N3O/c1-10-8-16(9-11(2)15-10)14(18)13-4-3-7-17(13)12-5-6-12/h3-4,7,10-12,15H,5-6,8-9H2,1-2H3. The van der Waals surface area contributed by atoms with E-state index in [1.807, 2.05) is 23.2 Å². The highest BCUT2D eigenvalue weighted by Crippen LogP contribution is 2.36. The van der Waals surface area contributed by atoms with Gasteiger partial charge in [0.05, 0.1) is 0 Å². The van der Waals surface area contributed by atoms with Gasteiger partial charge < -0.3 is 14.8 Å². The van der Waals surface area contributed by atoms with Crippen LogP contribution in [0.4, 0.5) is 0 Å². The number of nitrogens with one attached hydrogen (secondary N) is 1. The summed E-state index contributed by atoms with van der Waals surface area (Å²) in [5.41, 5.74) is 0.860. The first-order valence-corrected chi connectivity index (χ1v) is 6.87. The molecule has 4 nitrogen and oxygen atoms in total. The molecule has 0 aromatic carbocycles. The number of carbonyl (C=O) groups is 1. The van der Waals surface area contributed by atoms with Crippen molar-refractivity contribution in [1.29, 1.82) is 0 Å². The molecular weight excluding hydrogens is 226 g/mol. The predicted molar refractivity (Wildman–Crippen MR) is 70.7 cm³/mol. The first-order valence-electron chi connectivity index (χ1n) is 6.87. The molecule has 4 heteroatoms. The van der Waals surface area contributed by atoms with E-state index >= 15 is 0 Å². The van der Waals surface area contributed by atoms with Gasteiger partial charge in [0.2, 0.25) is 0 Å². The Morgan fingerprint density at radius 3 is 2.56 bits per heavy atom. The van der Waals surface area contributed by atoms with Crippen molar-refractivity contribution in [1.82, 2.24) is 14.8 Å². The zero-order chi connectivity index (χ0) is 12.7. The van der Waals surface area contributed by atoms with E-state index in [0.29, 0.717) is 18.1 Å². The summed E-state index contributed by atoms with van der Waals surface area (Å²) in [5.74, 6) is 0.187. The van der Waals surface area contributed by atoms with Gasteiger partial charge in [0.1, 0.15) is 5.69 Å². The van der Waals surface area contributed by atoms with Crippen molar-refractivity contribution in [2.75, 3.05) is 13.1 Å². The maximum atomic E-state index is 12.6. The number of rotatable bonds is 2. The van der Waals surface area contributed by atoms with Gasteiger partial charge in [0.25, 0.3) is 5.91 Å². The Hall–Kier alpha value is -1.29. The van der Waals surface area contributed by atoms with Crippen molar-refractivity contribution in [3.8, 4) is 0 Å². The quantitative estimate of drug-likeness (QED) is 0.862. The Bertz CT molecular complexity index is 440. The molecule has 1 aromatic heterocycles. The molecule has 2 fully saturated rings. The molecule has 1 aliphatic heterocycles. The highest BCUT2D eigenvalue weighted by atomic mass is 16.2. The van der Waals surface area contributed by atoms with Crippen LogP contribution in [0.2, 0.25) is 0 Å². The summed E-state index contributed by atoms with van der Waals surface area (Å²) >= 11 is 0. The van der Waals surface area contributed by atoms with E-state index in [9.17, 15) is 4.79 Å². The molecule has 1 amide bonds. The molecule has 1 aliphatic carbocycles. The van der Waals surface area contributed by atoms with Gasteiger partial charge in [-0.1, -0.05) is 0 Å². The van der Waals surface area contributed by atoms with Crippen LogP contribution in [0.3, 0.4) is 0 Å². The van der Waals surface area contributed by atoms with Gasteiger partial charge in [-0.2, -0.15) is 0 Å². The fourth-order valence-electron chi connectivity index (χ4n) is 2.90. The number of hydrogen-bond donors (Lipinski definition) is 1. The van der Waals surface area contributed by atoms with Crippen LogP contribution in [0, 0.1) is 0 Å². The van der Waals surface area contributed by atoms with Crippen LogP contribution in [-0.2, 0) is 0 Å². The van der Waals surface area contributed by atoms with Crippen LogP contribution in [0.15, 0.2) is 18.3 Å². The normalized spacial score (nSPS) is 28.4. The largest absolute Gasteiger partial charge is 0.340 e. The predicted octanol–water partition coefficient (Wildman–Crippen LogP) is 1.65. The Morgan fingerprint density at radius 2 is 1.94 bits per heavy atom. The molecule has 0 bridgehead atoms. The maximum absolute atomic E-state index is 12.6. The lowest BCUT2D eigenvalue weighted by Crippen LogP contribution is -2.56. The molecule has 2 heterocycles. The van der Waals surface area contributed by atoms with Crippen molar-refractivity contribution >= 4 is 5.91 Å². The molecule has 1 saturated heterocycles. The highest BCUT2D eigenvalue weighted by Gasteiger charge is 2.30. The van der Waals surface area contributed by atoms with Gasteiger partial charge >= 0.3 is 0 Å². The molecule has 1 saturated carbocycles. The van der Waals surface area contributed by atoms with Gasteiger partial charge in [0, 0.05) is 37.4 Å². The molecule has 0 radical (unpaired) electrons. The Kier molecular flexibility index (Phi) is 2.90. The minimum Gasteiger partial charge on any atom is -0.340 e. The van der Waals surface area contributed by atoms with Crippen LogP contribution < -0.4 is 5.32 Å². The van der Waals surface area contributed by atoms with E-state index < -0.39 is 0 Å². The SMILES string of the molecule is CC1CN(C(=O)c2cccn2C2CC2)CC(C)N1. The van der Waals surface area contributed by atoms with Crippen molar-refractivity contribution < 1.29 is 4.79 Å². The maximum Gasteiger partial charge on any atom is 0.270 e. The van der Waals surface area contributed by atoms with E-state index in [1.54, 1.807) is 0 Å². The van der Waals surface area contributed by atoms with Gasteiger partial charge in [-0.05, 0) is 38.8 Å². The van der Waals surface area contributed by atoms with Crippen molar-refractivity contribution in [2.45, 2.75) is 44.8 Å². The number of hydrogen-bond acceptors (Lipinski definition) is 2. The van der Waals surface area contributed by atoms with Crippen molar-refractivity contribution in [3.05, 3.63) is 24.0 Å². The summed E-state index contributed by atoms with van der Waals surface area (Å²) in [6.07, 6.45) is 4.46. The van der Waals surface area contributed by atoms with Gasteiger partial charge in [0.15, 0.2) is 0 Å². The average molecular weight is 247 g/mol. The lowest BCUT2D eigenvalue weighted by molar-refractivity contribution is 0.0662. The van der Waals surface area contributed by atoms with E-state index in [4.69, 9.17) is 0 Å². The van der Waals surface area contributed by atoms with Crippen LogP contribution in [0.25, 0.3) is 0 Å².